The van der Waals surface area contributed by atoms with Crippen molar-refractivity contribution in [2.75, 3.05) is 0 Å². The Balaban J connectivity index is 3.44. The Morgan fingerprint density at radius 1 is 0.889 bits per heavy atom. The standard InChI is InChI=1S/C16H36N2/c1-5-6-7-8-9-10-11-12-15(18-17)13-14-16(2,3)4/h15,18H,5-14,17H2,1-4H3. The predicted octanol–water partition coefficient (Wildman–Crippen LogP) is 4.79. The maximum atomic E-state index is 5.63. The molecule has 0 heterocycles. The number of hydrogen-bond acceptors (Lipinski definition) is 2. The molecule has 0 fully saturated rings. The van der Waals surface area contributed by atoms with Crippen LogP contribution in [0.1, 0.15) is 91.9 Å². The van der Waals surface area contributed by atoms with Gasteiger partial charge in [-0.15, -0.1) is 0 Å². The second-order valence-electron chi connectivity index (χ2n) is 6.87. The molecule has 0 amide bonds. The third-order valence-electron chi connectivity index (χ3n) is 3.63. The van der Waals surface area contributed by atoms with Crippen molar-refractivity contribution in [2.45, 2.75) is 97.9 Å². The summed E-state index contributed by atoms with van der Waals surface area (Å²) in [5.41, 5.74) is 3.41. The number of nitrogens with one attached hydrogen (secondary N) is 1. The number of hydrazine groups is 1. The average molecular weight is 256 g/mol. The molecule has 0 radical (unpaired) electrons. The van der Waals surface area contributed by atoms with Gasteiger partial charge >= 0.3 is 0 Å². The van der Waals surface area contributed by atoms with Gasteiger partial charge in [0.1, 0.15) is 0 Å². The van der Waals surface area contributed by atoms with E-state index < -0.39 is 0 Å². The molecule has 0 aromatic carbocycles. The van der Waals surface area contributed by atoms with Crippen LogP contribution in [-0.4, -0.2) is 6.04 Å². The molecule has 110 valence electrons. The highest BCUT2D eigenvalue weighted by atomic mass is 15.2. The van der Waals surface area contributed by atoms with Crippen molar-refractivity contribution in [3.8, 4) is 0 Å². The smallest absolute Gasteiger partial charge is 0.0210 e. The summed E-state index contributed by atoms with van der Waals surface area (Å²) in [7, 11) is 0. The van der Waals surface area contributed by atoms with E-state index in [2.05, 4.69) is 33.1 Å². The lowest BCUT2D eigenvalue weighted by molar-refractivity contribution is 0.320. The highest BCUT2D eigenvalue weighted by Gasteiger charge is 2.14. The topological polar surface area (TPSA) is 38.0 Å². The van der Waals surface area contributed by atoms with Crippen molar-refractivity contribution in [2.24, 2.45) is 11.3 Å². The minimum absolute atomic E-state index is 0.426. The van der Waals surface area contributed by atoms with Crippen molar-refractivity contribution < 1.29 is 0 Å². The van der Waals surface area contributed by atoms with Gasteiger partial charge in [0.15, 0.2) is 0 Å². The summed E-state index contributed by atoms with van der Waals surface area (Å²) in [6.07, 6.45) is 13.4. The van der Waals surface area contributed by atoms with E-state index in [1.807, 2.05) is 0 Å². The van der Waals surface area contributed by atoms with Crippen LogP contribution in [0, 0.1) is 5.41 Å². The first-order valence-electron chi connectivity index (χ1n) is 7.95. The van der Waals surface area contributed by atoms with Gasteiger partial charge in [0.05, 0.1) is 0 Å². The minimum atomic E-state index is 0.426. The lowest BCUT2D eigenvalue weighted by Crippen LogP contribution is -2.35. The van der Waals surface area contributed by atoms with Gasteiger partial charge in [0.2, 0.25) is 0 Å². The van der Waals surface area contributed by atoms with Crippen LogP contribution < -0.4 is 11.3 Å². The monoisotopic (exact) mass is 256 g/mol. The third kappa shape index (κ3) is 12.4. The van der Waals surface area contributed by atoms with Crippen molar-refractivity contribution in [1.29, 1.82) is 0 Å². The van der Waals surface area contributed by atoms with E-state index in [-0.39, 0.29) is 0 Å². The van der Waals surface area contributed by atoms with Gasteiger partial charge in [-0.1, -0.05) is 72.6 Å². The molecule has 0 rings (SSSR count). The summed E-state index contributed by atoms with van der Waals surface area (Å²) in [6.45, 7) is 9.17. The first kappa shape index (κ1) is 17.9. The lowest BCUT2D eigenvalue weighted by Gasteiger charge is -2.22. The largest absolute Gasteiger partial charge is 0.271 e. The summed E-state index contributed by atoms with van der Waals surface area (Å²) in [6, 6.07) is 0.514. The maximum absolute atomic E-state index is 5.63. The second-order valence-corrected chi connectivity index (χ2v) is 6.87. The molecule has 0 aliphatic rings. The highest BCUT2D eigenvalue weighted by molar-refractivity contribution is 4.69. The molecule has 0 saturated heterocycles. The molecule has 18 heavy (non-hydrogen) atoms. The Morgan fingerprint density at radius 3 is 1.94 bits per heavy atom. The van der Waals surface area contributed by atoms with Gasteiger partial charge in [-0.25, -0.2) is 0 Å². The van der Waals surface area contributed by atoms with Crippen LogP contribution in [0.2, 0.25) is 0 Å². The summed E-state index contributed by atoms with van der Waals surface area (Å²) in [5, 5.41) is 0. The van der Waals surface area contributed by atoms with E-state index in [1.54, 1.807) is 0 Å². The van der Waals surface area contributed by atoms with E-state index in [9.17, 15) is 0 Å². The van der Waals surface area contributed by atoms with Crippen LogP contribution in [0.3, 0.4) is 0 Å². The summed E-state index contributed by atoms with van der Waals surface area (Å²) >= 11 is 0. The van der Waals surface area contributed by atoms with Gasteiger partial charge in [-0.2, -0.15) is 0 Å². The number of rotatable bonds is 11. The molecule has 0 aliphatic carbocycles. The Morgan fingerprint density at radius 2 is 1.44 bits per heavy atom. The fourth-order valence-corrected chi connectivity index (χ4v) is 2.27. The molecule has 3 N–H and O–H groups in total. The Labute approximate surface area is 115 Å². The fraction of sp³-hybridized carbons (Fsp3) is 1.00. The molecule has 0 aromatic rings. The van der Waals surface area contributed by atoms with E-state index in [1.165, 1.54) is 64.2 Å². The van der Waals surface area contributed by atoms with Crippen molar-refractivity contribution in [3.63, 3.8) is 0 Å². The van der Waals surface area contributed by atoms with E-state index in [4.69, 9.17) is 5.84 Å². The van der Waals surface area contributed by atoms with Gasteiger partial charge in [0.25, 0.3) is 0 Å². The second kappa shape index (κ2) is 10.8. The van der Waals surface area contributed by atoms with E-state index in [0.717, 1.165) is 0 Å². The quantitative estimate of drug-likeness (QED) is 0.317. The molecule has 2 nitrogen and oxygen atoms in total. The fourth-order valence-electron chi connectivity index (χ4n) is 2.27. The van der Waals surface area contributed by atoms with E-state index in [0.29, 0.717) is 11.5 Å². The van der Waals surface area contributed by atoms with Gasteiger partial charge in [-0.05, 0) is 24.7 Å². The van der Waals surface area contributed by atoms with Gasteiger partial charge in [0, 0.05) is 6.04 Å². The zero-order valence-electron chi connectivity index (χ0n) is 13.2. The summed E-state index contributed by atoms with van der Waals surface area (Å²) in [5.74, 6) is 5.63. The molecule has 0 aliphatic heterocycles. The average Bonchev–Trinajstić information content (AvgIpc) is 2.30. The molecule has 0 spiro atoms. The molecule has 0 bridgehead atoms. The predicted molar refractivity (Wildman–Crippen MR) is 82.4 cm³/mol. The Bertz CT molecular complexity index is 172. The van der Waals surface area contributed by atoms with Crippen LogP contribution in [0.5, 0.6) is 0 Å². The molecule has 0 aromatic heterocycles. The van der Waals surface area contributed by atoms with Crippen molar-refractivity contribution in [1.82, 2.24) is 5.43 Å². The molecule has 2 heteroatoms. The molecular formula is C16H36N2. The van der Waals surface area contributed by atoms with Crippen LogP contribution in [0.25, 0.3) is 0 Å². The van der Waals surface area contributed by atoms with Crippen molar-refractivity contribution >= 4 is 0 Å². The van der Waals surface area contributed by atoms with Crippen LogP contribution in [-0.2, 0) is 0 Å². The first-order chi connectivity index (χ1) is 8.49. The molecule has 0 saturated carbocycles. The van der Waals surface area contributed by atoms with Crippen LogP contribution in [0.15, 0.2) is 0 Å². The zero-order chi connectivity index (χ0) is 13.9. The number of hydrogen-bond donors (Lipinski definition) is 2. The Kier molecular flexibility index (Phi) is 10.8. The molecule has 1 unspecified atom stereocenters. The van der Waals surface area contributed by atoms with Crippen molar-refractivity contribution in [3.05, 3.63) is 0 Å². The van der Waals surface area contributed by atoms with E-state index >= 15 is 0 Å². The van der Waals surface area contributed by atoms with Crippen LogP contribution >= 0.6 is 0 Å². The SMILES string of the molecule is CCCCCCCCCC(CCC(C)(C)C)NN. The van der Waals surface area contributed by atoms with Gasteiger partial charge in [-0.3, -0.25) is 11.3 Å². The zero-order valence-corrected chi connectivity index (χ0v) is 13.2. The summed E-state index contributed by atoms with van der Waals surface area (Å²) in [4.78, 5) is 0. The van der Waals surface area contributed by atoms with Gasteiger partial charge < -0.3 is 0 Å². The normalized spacial score (nSPS) is 13.8. The highest BCUT2D eigenvalue weighted by Crippen LogP contribution is 2.22. The molecular weight excluding hydrogens is 220 g/mol. The maximum Gasteiger partial charge on any atom is 0.0210 e. The minimum Gasteiger partial charge on any atom is -0.271 e. The first-order valence-corrected chi connectivity index (χ1v) is 7.95. The number of unbranched alkanes of at least 4 members (excludes halogenated alkanes) is 6. The molecule has 1 atom stereocenters. The number of nitrogens with two attached hydrogens (primary N) is 1. The lowest BCUT2D eigenvalue weighted by atomic mass is 9.88. The van der Waals surface area contributed by atoms with Crippen LogP contribution in [0.4, 0.5) is 0 Å². The Hall–Kier alpha value is -0.0800. The summed E-state index contributed by atoms with van der Waals surface area (Å²) < 4.78 is 0. The third-order valence-corrected chi connectivity index (χ3v) is 3.63.